The molecule has 2 atom stereocenters. The fourth-order valence-electron chi connectivity index (χ4n) is 6.29. The zero-order valence-corrected chi connectivity index (χ0v) is 28.6. The molecule has 1 aromatic carbocycles. The van der Waals surface area contributed by atoms with Crippen molar-refractivity contribution in [2.75, 3.05) is 37.7 Å². The van der Waals surface area contributed by atoms with Crippen molar-refractivity contribution in [3.05, 3.63) is 46.1 Å². The van der Waals surface area contributed by atoms with Crippen molar-refractivity contribution < 1.29 is 53.7 Å². The number of quaternary nitrogens is 1. The van der Waals surface area contributed by atoms with Crippen molar-refractivity contribution >= 4 is 63.4 Å². The molecule has 0 bridgehead atoms. The average molecular weight is 716 g/mol. The van der Waals surface area contributed by atoms with Gasteiger partial charge in [-0.1, -0.05) is 11.2 Å². The van der Waals surface area contributed by atoms with Crippen LogP contribution in [0.5, 0.6) is 11.5 Å². The van der Waals surface area contributed by atoms with Gasteiger partial charge in [-0.3, -0.25) is 19.3 Å². The Labute approximate surface area is 289 Å². The van der Waals surface area contributed by atoms with Crippen LogP contribution in [0.1, 0.15) is 50.8 Å². The molecule has 1 aromatic heterocycles. The normalized spacial score (nSPS) is 20.5. The Bertz CT molecular complexity index is 1750. The van der Waals surface area contributed by atoms with Gasteiger partial charge in [0, 0.05) is 42.4 Å². The molecule has 49 heavy (non-hydrogen) atoms. The number of nitrogens with two attached hydrogens (primary N) is 1. The number of carbonyl (C=O) groups is 5. The number of nitrogens with zero attached hydrogens (tertiary/aromatic N) is 4. The third kappa shape index (κ3) is 7.73. The van der Waals surface area contributed by atoms with Crippen molar-refractivity contribution in [2.24, 2.45) is 11.1 Å². The number of phenolic OH excluding ortho intramolecular Hbond substituents is 2. The van der Waals surface area contributed by atoms with E-state index in [1.54, 1.807) is 6.07 Å². The molecule has 3 aliphatic heterocycles. The van der Waals surface area contributed by atoms with Crippen LogP contribution in [0, 0.1) is 5.92 Å². The van der Waals surface area contributed by atoms with Gasteiger partial charge in [0.15, 0.2) is 28.1 Å². The predicted octanol–water partition coefficient (Wildman–Crippen LogP) is 1.03. The van der Waals surface area contributed by atoms with E-state index in [4.69, 9.17) is 10.6 Å². The second-order valence-corrected chi connectivity index (χ2v) is 15.0. The van der Waals surface area contributed by atoms with Crippen LogP contribution in [0.2, 0.25) is 0 Å². The summed E-state index contributed by atoms with van der Waals surface area (Å²) in [6.45, 7) is 4.77. The van der Waals surface area contributed by atoms with Crippen LogP contribution >= 0.6 is 23.1 Å². The Morgan fingerprint density at radius 1 is 1.18 bits per heavy atom. The molecule has 5 N–H and O–H groups in total. The third-order valence-corrected chi connectivity index (χ3v) is 11.1. The van der Waals surface area contributed by atoms with E-state index in [9.17, 15) is 44.4 Å². The molecule has 0 aliphatic carbocycles. The van der Waals surface area contributed by atoms with E-state index >= 15 is 0 Å². The number of anilines is 1. The maximum absolute atomic E-state index is 13.5. The number of β-lactam (4-membered cyclic amide) rings is 1. The molecule has 3 aliphatic rings. The maximum Gasteiger partial charge on any atom is 0.350 e. The molecule has 2 aromatic rings. The first kappa shape index (κ1) is 35.8. The number of phenols is 2. The number of thioether (sulfide) groups is 1. The Morgan fingerprint density at radius 2 is 1.90 bits per heavy atom. The van der Waals surface area contributed by atoms with Crippen LogP contribution in [0.4, 0.5) is 5.13 Å². The van der Waals surface area contributed by atoms with Gasteiger partial charge in [0.1, 0.15) is 18.0 Å². The number of rotatable bonds is 15. The second kappa shape index (κ2) is 14.2. The highest BCUT2D eigenvalue weighted by molar-refractivity contribution is 8.00. The standard InChI is InChI=1S/C32H37N5O10S2/c1-32(2,30(45)46)47-35-25(21-16-49-31(33)34-21)24(41)13-20-27(42)36-26(29(43)44)18(15-48-28(20)36)14-37(8-3-4-9-37)10-7-19(38)11-17-5-6-22(39)23(40)12-17/h5-6,12,16,20,28H,3-4,7-11,13-15H2,1-2H3,(H5-,33,34,35,39,40,41,43,44,45,46). The van der Waals surface area contributed by atoms with Gasteiger partial charge >= 0.3 is 5.97 Å². The lowest BCUT2D eigenvalue weighted by Crippen LogP contribution is -2.64. The fraction of sp³-hybridized carbons (Fsp3) is 0.469. The van der Waals surface area contributed by atoms with E-state index in [-0.39, 0.29) is 64.5 Å². The number of ketones is 2. The molecular formula is C32H37N5O10S2. The van der Waals surface area contributed by atoms with Crippen LogP contribution in [-0.4, -0.2) is 108 Å². The third-order valence-electron chi connectivity index (χ3n) is 9.01. The molecule has 4 heterocycles. The Balaban J connectivity index is 1.29. The summed E-state index contributed by atoms with van der Waals surface area (Å²) in [5, 5.41) is 46.0. The quantitative estimate of drug-likeness (QED) is 0.0664. The lowest BCUT2D eigenvalue weighted by Gasteiger charge is -2.51. The lowest BCUT2D eigenvalue weighted by molar-refractivity contribution is -0.911. The zero-order chi connectivity index (χ0) is 35.7. The fourth-order valence-corrected chi connectivity index (χ4v) is 8.24. The van der Waals surface area contributed by atoms with Crippen molar-refractivity contribution in [2.45, 2.75) is 56.9 Å². The highest BCUT2D eigenvalue weighted by atomic mass is 32.2. The number of oxime groups is 1. The molecule has 2 unspecified atom stereocenters. The maximum atomic E-state index is 13.5. The summed E-state index contributed by atoms with van der Waals surface area (Å²) in [5.74, 6) is -5.26. The minimum absolute atomic E-state index is 0.0607. The highest BCUT2D eigenvalue weighted by Crippen LogP contribution is 2.46. The number of aromatic hydroxyl groups is 2. The zero-order valence-electron chi connectivity index (χ0n) is 26.9. The van der Waals surface area contributed by atoms with E-state index in [0.29, 0.717) is 28.7 Å². The minimum atomic E-state index is -1.76. The molecular weight excluding hydrogens is 679 g/mol. The van der Waals surface area contributed by atoms with Gasteiger partial charge in [0.2, 0.25) is 11.5 Å². The number of hydrogen-bond donors (Lipinski definition) is 4. The first-order valence-electron chi connectivity index (χ1n) is 15.6. The largest absolute Gasteiger partial charge is 0.543 e. The number of carbonyl (C=O) groups excluding carboxylic acids is 4. The Kier molecular flexibility index (Phi) is 10.4. The number of fused-ring (bicyclic) bond motifs is 1. The van der Waals surface area contributed by atoms with E-state index in [2.05, 4.69) is 10.1 Å². The predicted molar refractivity (Wildman–Crippen MR) is 176 cm³/mol. The molecule has 0 spiro atoms. The van der Waals surface area contributed by atoms with E-state index in [0.717, 1.165) is 37.3 Å². The summed E-state index contributed by atoms with van der Waals surface area (Å²) in [7, 11) is 0. The molecule has 0 radical (unpaired) electrons. The van der Waals surface area contributed by atoms with Gasteiger partial charge in [0.25, 0.3) is 0 Å². The summed E-state index contributed by atoms with van der Waals surface area (Å²) >= 11 is 2.38. The number of likely N-dealkylation sites (tertiary alicyclic amines) is 1. The molecule has 2 saturated heterocycles. The molecule has 2 fully saturated rings. The summed E-state index contributed by atoms with van der Waals surface area (Å²) < 4.78 is 0.483. The first-order chi connectivity index (χ1) is 23.1. The van der Waals surface area contributed by atoms with Crippen molar-refractivity contribution in [3.63, 3.8) is 0 Å². The number of carboxylic acid groups (broad SMARTS) is 2. The monoisotopic (exact) mass is 715 g/mol. The van der Waals surface area contributed by atoms with Gasteiger partial charge < -0.3 is 40.3 Å². The van der Waals surface area contributed by atoms with Crippen LogP contribution in [-0.2, 0) is 35.2 Å². The summed E-state index contributed by atoms with van der Waals surface area (Å²) in [6, 6.07) is 4.25. The van der Waals surface area contributed by atoms with E-state index < -0.39 is 40.5 Å². The average Bonchev–Trinajstić information content (AvgIpc) is 3.69. The van der Waals surface area contributed by atoms with Crippen LogP contribution < -0.4 is 10.8 Å². The van der Waals surface area contributed by atoms with E-state index in [1.165, 1.54) is 48.0 Å². The first-order valence-corrected chi connectivity index (χ1v) is 17.5. The molecule has 1 amide bonds. The number of nitrogen functional groups attached to an aromatic ring is 1. The summed E-state index contributed by atoms with van der Waals surface area (Å²) in [6.07, 6.45) is 1.75. The van der Waals surface area contributed by atoms with Crippen LogP contribution in [0.25, 0.3) is 0 Å². The lowest BCUT2D eigenvalue weighted by atomic mass is 9.89. The van der Waals surface area contributed by atoms with Crippen LogP contribution in [0.3, 0.4) is 0 Å². The van der Waals surface area contributed by atoms with Gasteiger partial charge in [-0.25, -0.2) is 9.78 Å². The molecule has 15 nitrogen and oxygen atoms in total. The van der Waals surface area contributed by atoms with Crippen molar-refractivity contribution in [1.29, 1.82) is 0 Å². The summed E-state index contributed by atoms with van der Waals surface area (Å²) in [4.78, 5) is 74.3. The number of carboxylic acids is 2. The second-order valence-electron chi connectivity index (χ2n) is 13.0. The number of Topliss-reactive ketones (excluding diaryl/α,β-unsaturated/α-hetero) is 2. The highest BCUT2D eigenvalue weighted by Gasteiger charge is 2.53. The smallest absolute Gasteiger partial charge is 0.350 e. The van der Waals surface area contributed by atoms with Gasteiger partial charge in [-0.2, -0.15) is 0 Å². The van der Waals surface area contributed by atoms with Gasteiger partial charge in [-0.05, 0) is 31.5 Å². The summed E-state index contributed by atoms with van der Waals surface area (Å²) in [5.41, 5.74) is 4.62. The number of amides is 1. The van der Waals surface area contributed by atoms with Crippen molar-refractivity contribution in [3.8, 4) is 11.5 Å². The number of hydrogen-bond acceptors (Lipinski definition) is 14. The number of benzene rings is 1. The molecule has 5 rings (SSSR count). The van der Waals surface area contributed by atoms with E-state index in [1.807, 2.05) is 0 Å². The van der Waals surface area contributed by atoms with Crippen molar-refractivity contribution in [1.82, 2.24) is 9.88 Å². The number of aromatic nitrogens is 1. The Hall–Kier alpha value is -4.48. The van der Waals surface area contributed by atoms with Gasteiger partial charge in [-0.15, -0.1) is 23.1 Å². The van der Waals surface area contributed by atoms with Gasteiger partial charge in [0.05, 0.1) is 49.0 Å². The Morgan fingerprint density at radius 3 is 2.51 bits per heavy atom. The number of aliphatic carboxylic acids is 2. The SMILES string of the molecule is CC(C)(O/N=C(/C(=O)CC1C(=O)N2C(C(=O)[O-])=C(C[N+]3(CCC(=O)Cc4ccc(O)c(O)c4)CCCC3)CSC12)c1csc(N)n1)C(=O)O. The molecule has 262 valence electrons. The van der Waals surface area contributed by atoms with Crippen LogP contribution in [0.15, 0.2) is 40.0 Å². The number of thiazole rings is 1. The topological polar surface area (TPSA) is 233 Å². The molecule has 17 heteroatoms. The minimum Gasteiger partial charge on any atom is -0.543 e. The molecule has 0 saturated carbocycles.